The highest BCUT2D eigenvalue weighted by atomic mass is 32.2. The number of nitrogens with zero attached hydrogens (tertiary/aromatic N) is 1. The molecule has 0 saturated heterocycles. The molecule has 1 rings (SSSR count). The molecule has 4 nitrogen and oxygen atoms in total. The molecule has 0 bridgehead atoms. The van der Waals surface area contributed by atoms with E-state index in [2.05, 4.69) is 42.9 Å². The van der Waals surface area contributed by atoms with Crippen molar-refractivity contribution in [1.29, 1.82) is 0 Å². The number of aromatic nitrogens is 1. The van der Waals surface area contributed by atoms with Crippen LogP contribution in [-0.4, -0.2) is 19.2 Å². The highest BCUT2D eigenvalue weighted by Crippen LogP contribution is 2.01. The van der Waals surface area contributed by atoms with Gasteiger partial charge in [-0.25, -0.2) is 13.0 Å². The Balaban J connectivity index is 0.000000494. The minimum atomic E-state index is -3.92. The van der Waals surface area contributed by atoms with Gasteiger partial charge in [-0.15, -0.1) is 0 Å². The van der Waals surface area contributed by atoms with Gasteiger partial charge in [-0.3, -0.25) is 0 Å². The van der Waals surface area contributed by atoms with Crippen molar-refractivity contribution in [2.45, 2.75) is 46.1 Å². The third kappa shape index (κ3) is 11.5. The summed E-state index contributed by atoms with van der Waals surface area (Å²) in [7, 11) is -3.92. The molecule has 0 spiro atoms. The van der Waals surface area contributed by atoms with E-state index in [1.54, 1.807) is 0 Å². The van der Waals surface area contributed by atoms with Crippen LogP contribution in [0.25, 0.3) is 0 Å². The Bertz CT molecular complexity index is 404. The number of pyridine rings is 1. The number of rotatable bonds is 5. The molecule has 0 atom stereocenters. The highest BCUT2D eigenvalue weighted by molar-refractivity contribution is 7.84. The first-order chi connectivity index (χ1) is 8.36. The Hall–Kier alpha value is -0.940. The first-order valence-electron chi connectivity index (χ1n) is 6.25. The molecule has 1 heterocycles. The van der Waals surface area contributed by atoms with Crippen molar-refractivity contribution in [1.82, 2.24) is 0 Å². The largest absolute Gasteiger partial charge is 0.748 e. The lowest BCUT2D eigenvalue weighted by molar-refractivity contribution is -0.697. The van der Waals surface area contributed by atoms with E-state index in [1.165, 1.54) is 31.2 Å². The first kappa shape index (κ1) is 17.1. The number of aryl methyl sites for hydroxylation is 2. The SMILES string of the molecule is CCCCc1cc[n+](CCC)cc1.CS(=O)(=O)[O-]. The van der Waals surface area contributed by atoms with E-state index in [9.17, 15) is 0 Å². The Morgan fingerprint density at radius 2 is 1.67 bits per heavy atom. The molecule has 0 aliphatic rings. The van der Waals surface area contributed by atoms with Gasteiger partial charge in [0.05, 0.1) is 10.1 Å². The van der Waals surface area contributed by atoms with Crippen LogP contribution in [0.1, 0.15) is 38.7 Å². The molecule has 1 aromatic heterocycles. The standard InChI is InChI=1S/C12H20N.CH4O3S/c1-3-5-6-12-7-10-13(9-4-2)11-8-12;1-5(2,3)4/h7-8,10-11H,3-6,9H2,1-2H3;1H3,(H,2,3,4)/q+1;/p-1. The summed E-state index contributed by atoms with van der Waals surface area (Å²) in [5.74, 6) is 0. The number of hydrogen-bond donors (Lipinski definition) is 0. The fourth-order valence-corrected chi connectivity index (χ4v) is 1.44. The van der Waals surface area contributed by atoms with Gasteiger partial charge < -0.3 is 4.55 Å². The van der Waals surface area contributed by atoms with Crippen LogP contribution in [0.3, 0.4) is 0 Å². The summed E-state index contributed by atoms with van der Waals surface area (Å²) in [5.41, 5.74) is 1.47. The van der Waals surface area contributed by atoms with Gasteiger partial charge in [-0.1, -0.05) is 20.3 Å². The Morgan fingerprint density at radius 1 is 1.17 bits per heavy atom. The van der Waals surface area contributed by atoms with Gasteiger partial charge in [-0.05, 0) is 18.4 Å². The van der Waals surface area contributed by atoms with E-state index < -0.39 is 10.1 Å². The number of unbranched alkanes of at least 4 members (excludes halogenated alkanes) is 1. The normalized spacial score (nSPS) is 10.7. The lowest BCUT2D eigenvalue weighted by atomic mass is 10.1. The van der Waals surface area contributed by atoms with Crippen LogP contribution in [0.15, 0.2) is 24.5 Å². The Morgan fingerprint density at radius 3 is 2.06 bits per heavy atom. The smallest absolute Gasteiger partial charge is 0.169 e. The molecule has 18 heavy (non-hydrogen) atoms. The predicted octanol–water partition coefficient (Wildman–Crippen LogP) is 1.89. The minimum Gasteiger partial charge on any atom is -0.748 e. The Labute approximate surface area is 110 Å². The second kappa shape index (κ2) is 9.05. The lowest BCUT2D eigenvalue weighted by Gasteiger charge is -1.98. The van der Waals surface area contributed by atoms with Crippen LogP contribution in [0.4, 0.5) is 0 Å². The van der Waals surface area contributed by atoms with Gasteiger partial charge in [0.2, 0.25) is 0 Å². The van der Waals surface area contributed by atoms with E-state index in [0.717, 1.165) is 6.54 Å². The molecule has 0 aliphatic carbocycles. The van der Waals surface area contributed by atoms with Gasteiger partial charge >= 0.3 is 0 Å². The second-order valence-corrected chi connectivity index (χ2v) is 5.66. The van der Waals surface area contributed by atoms with Gasteiger partial charge in [0.1, 0.15) is 6.54 Å². The van der Waals surface area contributed by atoms with Gasteiger partial charge in [0, 0.05) is 24.8 Å². The summed E-state index contributed by atoms with van der Waals surface area (Å²) in [5, 5.41) is 0. The molecule has 0 amide bonds. The van der Waals surface area contributed by atoms with Crippen molar-refractivity contribution in [2.24, 2.45) is 0 Å². The number of hydrogen-bond acceptors (Lipinski definition) is 3. The summed E-state index contributed by atoms with van der Waals surface area (Å²) >= 11 is 0. The summed E-state index contributed by atoms with van der Waals surface area (Å²) in [6.07, 6.45) is 10.0. The summed E-state index contributed by atoms with van der Waals surface area (Å²) < 4.78 is 29.5. The maximum atomic E-state index is 9.08. The third-order valence-corrected chi connectivity index (χ3v) is 2.26. The zero-order chi connectivity index (χ0) is 14.0. The van der Waals surface area contributed by atoms with Crippen LogP contribution in [0.5, 0.6) is 0 Å². The zero-order valence-electron chi connectivity index (χ0n) is 11.4. The fourth-order valence-electron chi connectivity index (χ4n) is 1.44. The fraction of sp³-hybridized carbons (Fsp3) is 0.615. The predicted molar refractivity (Wildman–Crippen MR) is 71.2 cm³/mol. The monoisotopic (exact) mass is 273 g/mol. The van der Waals surface area contributed by atoms with Crippen LogP contribution >= 0.6 is 0 Å². The Kier molecular flexibility index (Phi) is 8.58. The lowest BCUT2D eigenvalue weighted by Crippen LogP contribution is -2.32. The maximum absolute atomic E-state index is 9.08. The van der Waals surface area contributed by atoms with Crippen molar-refractivity contribution in [3.05, 3.63) is 30.1 Å². The topological polar surface area (TPSA) is 61.1 Å². The molecule has 104 valence electrons. The van der Waals surface area contributed by atoms with E-state index in [1.807, 2.05) is 0 Å². The molecule has 5 heteroatoms. The molecule has 0 radical (unpaired) electrons. The summed E-state index contributed by atoms with van der Waals surface area (Å²) in [6, 6.07) is 4.48. The van der Waals surface area contributed by atoms with E-state index in [-0.39, 0.29) is 0 Å². The van der Waals surface area contributed by atoms with E-state index >= 15 is 0 Å². The van der Waals surface area contributed by atoms with Crippen molar-refractivity contribution >= 4 is 10.1 Å². The molecule has 0 fully saturated rings. The maximum Gasteiger partial charge on any atom is 0.169 e. The van der Waals surface area contributed by atoms with Crippen LogP contribution < -0.4 is 4.57 Å². The average molecular weight is 273 g/mol. The molecule has 0 N–H and O–H groups in total. The molecule has 0 aromatic carbocycles. The van der Waals surface area contributed by atoms with Crippen LogP contribution in [0.2, 0.25) is 0 Å². The first-order valence-corrected chi connectivity index (χ1v) is 8.07. The average Bonchev–Trinajstić information content (AvgIpc) is 2.26. The van der Waals surface area contributed by atoms with Crippen LogP contribution in [0, 0.1) is 0 Å². The van der Waals surface area contributed by atoms with Crippen molar-refractivity contribution < 1.29 is 17.5 Å². The minimum absolute atomic E-state index is 0.604. The molecular formula is C13H23NO3S. The summed E-state index contributed by atoms with van der Waals surface area (Å²) in [6.45, 7) is 5.58. The highest BCUT2D eigenvalue weighted by Gasteiger charge is 1.98. The van der Waals surface area contributed by atoms with Gasteiger partial charge in [0.15, 0.2) is 12.4 Å². The molecule has 0 saturated carbocycles. The summed E-state index contributed by atoms with van der Waals surface area (Å²) in [4.78, 5) is 0. The third-order valence-electron chi connectivity index (χ3n) is 2.26. The molecule has 0 unspecified atom stereocenters. The van der Waals surface area contributed by atoms with Crippen molar-refractivity contribution in [2.75, 3.05) is 6.26 Å². The zero-order valence-corrected chi connectivity index (χ0v) is 12.2. The van der Waals surface area contributed by atoms with Crippen LogP contribution in [-0.2, 0) is 23.1 Å². The molecular weight excluding hydrogens is 250 g/mol. The van der Waals surface area contributed by atoms with Crippen molar-refractivity contribution in [3.63, 3.8) is 0 Å². The van der Waals surface area contributed by atoms with E-state index in [0.29, 0.717) is 6.26 Å². The van der Waals surface area contributed by atoms with E-state index in [4.69, 9.17) is 13.0 Å². The van der Waals surface area contributed by atoms with Crippen molar-refractivity contribution in [3.8, 4) is 0 Å². The van der Waals surface area contributed by atoms with Gasteiger partial charge in [-0.2, -0.15) is 0 Å². The van der Waals surface area contributed by atoms with Gasteiger partial charge in [0.25, 0.3) is 0 Å². The quantitative estimate of drug-likeness (QED) is 0.608. The molecule has 1 aromatic rings. The second-order valence-electron chi connectivity index (χ2n) is 4.25. The molecule has 0 aliphatic heterocycles.